The lowest BCUT2D eigenvalue weighted by molar-refractivity contribution is -0.941. The summed E-state index contributed by atoms with van der Waals surface area (Å²) in [5.41, 5.74) is 1.45. The number of hydrogen-bond donors (Lipinski definition) is 4. The fourth-order valence-electron chi connectivity index (χ4n) is 4.60. The summed E-state index contributed by atoms with van der Waals surface area (Å²) in [5, 5.41) is 17.2. The Kier molecular flexibility index (Phi) is 10.5. The fraction of sp³-hybridized carbons (Fsp3) is 0.481. The second-order valence-corrected chi connectivity index (χ2v) is 10.3. The highest BCUT2D eigenvalue weighted by molar-refractivity contribution is 6.13. The average Bonchev–Trinajstić information content (AvgIpc) is 3.22. The Labute approximate surface area is 232 Å². The molecule has 3 rings (SSSR count). The summed E-state index contributed by atoms with van der Waals surface area (Å²) in [5.74, 6) is -3.63. The van der Waals surface area contributed by atoms with Gasteiger partial charge in [-0.15, -0.1) is 0 Å². The summed E-state index contributed by atoms with van der Waals surface area (Å²) in [6.45, 7) is 5.83. The number of carboxylic acid groups (broad SMARTS) is 1. The number of morpholine rings is 1. The van der Waals surface area contributed by atoms with Crippen LogP contribution in [0, 0.1) is 5.92 Å². The SMILES string of the molecule is CC(C)C(NC(=O)CCN1C(=O)C=CC1=O)C(=O)NCC(=O)Nc1ccc(C[N+]2(CC(=O)O)CCOCC2)cc1. The number of amides is 5. The zero-order chi connectivity index (χ0) is 29.3. The Morgan fingerprint density at radius 2 is 1.62 bits per heavy atom. The predicted octanol–water partition coefficient (Wildman–Crippen LogP) is -0.371. The van der Waals surface area contributed by atoms with Crippen molar-refractivity contribution < 1.29 is 43.1 Å². The van der Waals surface area contributed by atoms with Crippen molar-refractivity contribution in [2.75, 3.05) is 51.3 Å². The molecule has 5 amide bonds. The van der Waals surface area contributed by atoms with E-state index in [1.165, 1.54) is 0 Å². The molecule has 0 aliphatic carbocycles. The second kappa shape index (κ2) is 13.8. The molecule has 0 saturated carbocycles. The number of benzene rings is 1. The number of nitrogens with zero attached hydrogens (tertiary/aromatic N) is 2. The van der Waals surface area contributed by atoms with Crippen LogP contribution < -0.4 is 16.0 Å². The standard InChI is InChI=1S/C27H35N5O8/c1-18(2)26(30-21(33)9-10-31-23(35)7-8-24(31)36)27(39)28-15-22(34)29-20-5-3-19(4-6-20)16-32(17-25(37)38)11-13-40-14-12-32/h3-8,18,26H,9-17H2,1-2H3,(H3-,28,29,30,33,34,37,38,39)/p+1. The van der Waals surface area contributed by atoms with Crippen molar-refractivity contribution in [1.29, 1.82) is 0 Å². The Balaban J connectivity index is 1.46. The number of nitrogens with one attached hydrogen (secondary N) is 3. The van der Waals surface area contributed by atoms with Crippen LogP contribution in [0.2, 0.25) is 0 Å². The summed E-state index contributed by atoms with van der Waals surface area (Å²) >= 11 is 0. The zero-order valence-electron chi connectivity index (χ0n) is 22.7. The van der Waals surface area contributed by atoms with E-state index < -0.39 is 41.5 Å². The van der Waals surface area contributed by atoms with Crippen LogP contribution in [0.5, 0.6) is 0 Å². The van der Waals surface area contributed by atoms with Crippen LogP contribution in [0.4, 0.5) is 5.69 Å². The predicted molar refractivity (Wildman–Crippen MR) is 142 cm³/mol. The van der Waals surface area contributed by atoms with Crippen molar-refractivity contribution in [3.05, 3.63) is 42.0 Å². The van der Waals surface area contributed by atoms with Gasteiger partial charge in [0.05, 0.1) is 19.8 Å². The number of rotatable bonds is 13. The van der Waals surface area contributed by atoms with E-state index in [0.29, 0.717) is 43.0 Å². The third kappa shape index (κ3) is 8.71. The van der Waals surface area contributed by atoms with Crippen molar-refractivity contribution in [2.45, 2.75) is 32.9 Å². The maximum Gasteiger partial charge on any atom is 0.359 e. The first-order valence-electron chi connectivity index (χ1n) is 13.1. The maximum absolute atomic E-state index is 12.7. The molecule has 2 heterocycles. The minimum Gasteiger partial charge on any atom is -0.477 e. The van der Waals surface area contributed by atoms with Gasteiger partial charge < -0.3 is 30.3 Å². The van der Waals surface area contributed by atoms with Crippen molar-refractivity contribution in [3.8, 4) is 0 Å². The lowest BCUT2D eigenvalue weighted by Gasteiger charge is -2.40. The normalized spacial score (nSPS) is 17.0. The van der Waals surface area contributed by atoms with Crippen molar-refractivity contribution in [2.24, 2.45) is 5.92 Å². The molecule has 2 aliphatic rings. The van der Waals surface area contributed by atoms with E-state index in [9.17, 15) is 33.9 Å². The highest BCUT2D eigenvalue weighted by Crippen LogP contribution is 2.19. The zero-order valence-corrected chi connectivity index (χ0v) is 22.7. The molecule has 2 aliphatic heterocycles. The van der Waals surface area contributed by atoms with Crippen LogP contribution in [-0.4, -0.2) is 102 Å². The molecule has 1 aromatic rings. The van der Waals surface area contributed by atoms with Crippen LogP contribution in [-0.2, 0) is 40.0 Å². The highest BCUT2D eigenvalue weighted by Gasteiger charge is 2.33. The number of quaternary nitrogens is 1. The van der Waals surface area contributed by atoms with Crippen molar-refractivity contribution >= 4 is 41.2 Å². The van der Waals surface area contributed by atoms with Gasteiger partial charge in [-0.2, -0.15) is 0 Å². The van der Waals surface area contributed by atoms with Crippen molar-refractivity contribution in [1.82, 2.24) is 15.5 Å². The summed E-state index contributed by atoms with van der Waals surface area (Å²) in [4.78, 5) is 73.1. The molecule has 0 radical (unpaired) electrons. The Morgan fingerprint density at radius 3 is 2.20 bits per heavy atom. The van der Waals surface area contributed by atoms with Crippen molar-refractivity contribution in [3.63, 3.8) is 0 Å². The number of carbonyl (C=O) groups excluding carboxylic acids is 5. The minimum absolute atomic E-state index is 0.00858. The Bertz CT molecular complexity index is 1140. The molecule has 216 valence electrons. The maximum atomic E-state index is 12.7. The van der Waals surface area contributed by atoms with E-state index in [4.69, 9.17) is 4.74 Å². The van der Waals surface area contributed by atoms with E-state index in [1.54, 1.807) is 26.0 Å². The Hall–Kier alpha value is -4.10. The average molecular weight is 559 g/mol. The van der Waals surface area contributed by atoms with Crippen LogP contribution in [0.15, 0.2) is 36.4 Å². The topological polar surface area (TPSA) is 171 Å². The van der Waals surface area contributed by atoms with Gasteiger partial charge in [-0.05, 0) is 18.1 Å². The number of hydrogen-bond acceptors (Lipinski definition) is 7. The van der Waals surface area contributed by atoms with Crippen LogP contribution >= 0.6 is 0 Å². The van der Waals surface area contributed by atoms with E-state index in [-0.39, 0.29) is 32.0 Å². The van der Waals surface area contributed by atoms with Gasteiger partial charge in [-0.1, -0.05) is 26.0 Å². The number of ether oxygens (including phenoxy) is 1. The van der Waals surface area contributed by atoms with Gasteiger partial charge in [-0.25, -0.2) is 4.79 Å². The van der Waals surface area contributed by atoms with E-state index in [2.05, 4.69) is 16.0 Å². The smallest absolute Gasteiger partial charge is 0.359 e. The quantitative estimate of drug-likeness (QED) is 0.188. The monoisotopic (exact) mass is 558 g/mol. The number of aliphatic carboxylic acids is 1. The van der Waals surface area contributed by atoms with Gasteiger partial charge in [0.15, 0.2) is 6.54 Å². The van der Waals surface area contributed by atoms with Crippen LogP contribution in [0.1, 0.15) is 25.8 Å². The first kappa shape index (κ1) is 30.4. The third-order valence-electron chi connectivity index (χ3n) is 6.80. The molecule has 13 heteroatoms. The van der Waals surface area contributed by atoms with E-state index in [0.717, 1.165) is 22.6 Å². The molecule has 1 fully saturated rings. The van der Waals surface area contributed by atoms with Gasteiger partial charge in [0.2, 0.25) is 17.7 Å². The first-order chi connectivity index (χ1) is 19.0. The van der Waals surface area contributed by atoms with Gasteiger partial charge in [0.1, 0.15) is 25.7 Å². The molecule has 1 unspecified atom stereocenters. The molecule has 13 nitrogen and oxygen atoms in total. The Morgan fingerprint density at radius 1 is 1.00 bits per heavy atom. The molecule has 4 N–H and O–H groups in total. The number of carbonyl (C=O) groups is 6. The molecule has 1 atom stereocenters. The van der Waals surface area contributed by atoms with Gasteiger partial charge >= 0.3 is 5.97 Å². The van der Waals surface area contributed by atoms with E-state index >= 15 is 0 Å². The second-order valence-electron chi connectivity index (χ2n) is 10.3. The lowest BCUT2D eigenvalue weighted by atomic mass is 10.0. The van der Waals surface area contributed by atoms with Crippen LogP contribution in [0.25, 0.3) is 0 Å². The number of imide groups is 1. The summed E-state index contributed by atoms with van der Waals surface area (Å²) in [6.07, 6.45) is 2.11. The summed E-state index contributed by atoms with van der Waals surface area (Å²) in [7, 11) is 0. The largest absolute Gasteiger partial charge is 0.477 e. The van der Waals surface area contributed by atoms with Gasteiger partial charge in [0.25, 0.3) is 11.8 Å². The lowest BCUT2D eigenvalue weighted by Crippen LogP contribution is -2.56. The molecule has 0 aromatic heterocycles. The van der Waals surface area contributed by atoms with Crippen LogP contribution in [0.3, 0.4) is 0 Å². The summed E-state index contributed by atoms with van der Waals surface area (Å²) < 4.78 is 5.79. The van der Waals surface area contributed by atoms with Gasteiger partial charge in [0, 0.05) is 36.4 Å². The first-order valence-corrected chi connectivity index (χ1v) is 13.1. The number of anilines is 1. The van der Waals surface area contributed by atoms with Gasteiger partial charge in [-0.3, -0.25) is 28.9 Å². The summed E-state index contributed by atoms with van der Waals surface area (Å²) in [6, 6.07) is 6.18. The molecular formula is C27H36N5O8+. The molecule has 0 spiro atoms. The minimum atomic E-state index is -0.913. The molecular weight excluding hydrogens is 522 g/mol. The fourth-order valence-corrected chi connectivity index (χ4v) is 4.60. The molecule has 0 bridgehead atoms. The third-order valence-corrected chi connectivity index (χ3v) is 6.80. The number of carboxylic acids is 1. The molecule has 1 saturated heterocycles. The van der Waals surface area contributed by atoms with E-state index in [1.807, 2.05) is 12.1 Å². The highest BCUT2D eigenvalue weighted by atomic mass is 16.5. The molecule has 1 aromatic carbocycles. The molecule has 40 heavy (non-hydrogen) atoms.